The van der Waals surface area contributed by atoms with E-state index in [1.54, 1.807) is 25.3 Å². The number of nitrogens with two attached hydrogens (primary N) is 1. The molecule has 0 atom stereocenters. The molecule has 1 aromatic carbocycles. The molecule has 0 aliphatic carbocycles. The molecule has 0 saturated heterocycles. The highest BCUT2D eigenvalue weighted by atomic mass is 16.5. The van der Waals surface area contributed by atoms with Crippen molar-refractivity contribution in [2.75, 3.05) is 31.4 Å². The lowest BCUT2D eigenvalue weighted by atomic mass is 10.2. The smallest absolute Gasteiger partial charge is 0.226 e. The van der Waals surface area contributed by atoms with E-state index in [2.05, 4.69) is 12.2 Å². The highest BCUT2D eigenvalue weighted by Gasteiger charge is 2.07. The Morgan fingerprint density at radius 1 is 1.24 bits per heavy atom. The summed E-state index contributed by atoms with van der Waals surface area (Å²) < 4.78 is 10.6. The number of methoxy groups -OCH3 is 1. The molecule has 118 valence electrons. The third kappa shape index (κ3) is 6.99. The van der Waals surface area contributed by atoms with Gasteiger partial charge in [0.15, 0.2) is 0 Å². The number of hydrogen-bond acceptors (Lipinski definition) is 4. The fraction of sp³-hybridized carbons (Fsp3) is 0.562. The summed E-state index contributed by atoms with van der Waals surface area (Å²) >= 11 is 0. The zero-order valence-electron chi connectivity index (χ0n) is 13.0. The maximum atomic E-state index is 11.8. The van der Waals surface area contributed by atoms with Gasteiger partial charge < -0.3 is 20.5 Å². The monoisotopic (exact) mass is 294 g/mol. The molecule has 0 unspecified atom stereocenters. The Bertz CT molecular complexity index is 436. The summed E-state index contributed by atoms with van der Waals surface area (Å²) in [6, 6.07) is 5.14. The van der Waals surface area contributed by atoms with Crippen molar-refractivity contribution >= 4 is 17.3 Å². The van der Waals surface area contributed by atoms with Gasteiger partial charge in [-0.1, -0.05) is 26.2 Å². The van der Waals surface area contributed by atoms with Crippen LogP contribution < -0.4 is 15.8 Å². The highest BCUT2D eigenvalue weighted by molar-refractivity contribution is 5.92. The first kappa shape index (κ1) is 17.3. The van der Waals surface area contributed by atoms with E-state index in [0.717, 1.165) is 13.0 Å². The number of anilines is 2. The molecule has 0 saturated carbocycles. The van der Waals surface area contributed by atoms with E-state index in [0.29, 0.717) is 30.2 Å². The summed E-state index contributed by atoms with van der Waals surface area (Å²) in [6.45, 7) is 3.34. The van der Waals surface area contributed by atoms with Crippen LogP contribution in [0, 0.1) is 0 Å². The van der Waals surface area contributed by atoms with Crippen LogP contribution >= 0.6 is 0 Å². The van der Waals surface area contributed by atoms with Gasteiger partial charge in [0.2, 0.25) is 5.91 Å². The number of carbonyl (C=O) groups excluding carboxylic acids is 1. The first-order valence-electron chi connectivity index (χ1n) is 7.48. The molecule has 0 bridgehead atoms. The number of unbranched alkanes of at least 4 members (excludes halogenated alkanes) is 3. The van der Waals surface area contributed by atoms with Gasteiger partial charge in [0.05, 0.1) is 25.8 Å². The standard InChI is InChI=1S/C16H26N2O3/c1-3-4-5-6-10-21-11-9-16(19)18-14-8-7-13(17)12-15(14)20-2/h7-8,12H,3-6,9-11,17H2,1-2H3,(H,18,19). The van der Waals surface area contributed by atoms with Crippen LogP contribution in [0.3, 0.4) is 0 Å². The Morgan fingerprint density at radius 2 is 2.05 bits per heavy atom. The normalized spacial score (nSPS) is 10.4. The zero-order valence-corrected chi connectivity index (χ0v) is 13.0. The predicted molar refractivity (Wildman–Crippen MR) is 85.6 cm³/mol. The first-order chi connectivity index (χ1) is 10.2. The number of carbonyl (C=O) groups is 1. The highest BCUT2D eigenvalue weighted by Crippen LogP contribution is 2.26. The Hall–Kier alpha value is -1.75. The largest absolute Gasteiger partial charge is 0.494 e. The Balaban J connectivity index is 2.25. The van der Waals surface area contributed by atoms with E-state index in [1.165, 1.54) is 19.3 Å². The van der Waals surface area contributed by atoms with Gasteiger partial charge >= 0.3 is 0 Å². The summed E-state index contributed by atoms with van der Waals surface area (Å²) in [5.41, 5.74) is 6.89. The molecule has 0 aliphatic rings. The van der Waals surface area contributed by atoms with Crippen LogP contribution in [0.5, 0.6) is 5.75 Å². The minimum Gasteiger partial charge on any atom is -0.494 e. The minimum absolute atomic E-state index is 0.0911. The van der Waals surface area contributed by atoms with Crippen molar-refractivity contribution in [2.45, 2.75) is 39.0 Å². The fourth-order valence-corrected chi connectivity index (χ4v) is 1.92. The van der Waals surface area contributed by atoms with Crippen LogP contribution in [0.15, 0.2) is 18.2 Å². The molecule has 5 nitrogen and oxygen atoms in total. The summed E-state index contributed by atoms with van der Waals surface area (Å²) in [4.78, 5) is 11.8. The molecule has 5 heteroatoms. The van der Waals surface area contributed by atoms with E-state index < -0.39 is 0 Å². The Labute approximate surface area is 126 Å². The van der Waals surface area contributed by atoms with Gasteiger partial charge in [-0.3, -0.25) is 4.79 Å². The number of rotatable bonds is 10. The molecule has 0 radical (unpaired) electrons. The van der Waals surface area contributed by atoms with Gasteiger partial charge in [0.1, 0.15) is 5.75 Å². The average Bonchev–Trinajstić information content (AvgIpc) is 2.48. The molecule has 1 rings (SSSR count). The van der Waals surface area contributed by atoms with Gasteiger partial charge in [0, 0.05) is 18.4 Å². The van der Waals surface area contributed by atoms with Crippen molar-refractivity contribution in [2.24, 2.45) is 0 Å². The van der Waals surface area contributed by atoms with E-state index >= 15 is 0 Å². The van der Waals surface area contributed by atoms with E-state index in [4.69, 9.17) is 15.2 Å². The number of nitrogen functional groups attached to an aromatic ring is 1. The summed E-state index contributed by atoms with van der Waals surface area (Å²) in [5.74, 6) is 0.468. The molecule has 3 N–H and O–H groups in total. The van der Waals surface area contributed by atoms with Crippen LogP contribution in [-0.4, -0.2) is 26.2 Å². The first-order valence-corrected chi connectivity index (χ1v) is 7.48. The van der Waals surface area contributed by atoms with Crippen molar-refractivity contribution < 1.29 is 14.3 Å². The second kappa shape index (κ2) is 10.0. The van der Waals surface area contributed by atoms with Gasteiger partial charge in [-0.2, -0.15) is 0 Å². The van der Waals surface area contributed by atoms with Crippen LogP contribution in [-0.2, 0) is 9.53 Å². The van der Waals surface area contributed by atoms with Gasteiger partial charge in [-0.05, 0) is 18.6 Å². The molecule has 0 aliphatic heterocycles. The SMILES string of the molecule is CCCCCCOCCC(=O)Nc1ccc(N)cc1OC. The van der Waals surface area contributed by atoms with Crippen LogP contribution in [0.1, 0.15) is 39.0 Å². The van der Waals surface area contributed by atoms with Crippen molar-refractivity contribution in [1.29, 1.82) is 0 Å². The third-order valence-corrected chi connectivity index (χ3v) is 3.12. The van der Waals surface area contributed by atoms with Crippen LogP contribution in [0.25, 0.3) is 0 Å². The lowest BCUT2D eigenvalue weighted by molar-refractivity contribution is -0.117. The fourth-order valence-electron chi connectivity index (χ4n) is 1.92. The van der Waals surface area contributed by atoms with Crippen LogP contribution in [0.2, 0.25) is 0 Å². The van der Waals surface area contributed by atoms with Crippen molar-refractivity contribution in [1.82, 2.24) is 0 Å². The number of hydrogen-bond donors (Lipinski definition) is 2. The maximum absolute atomic E-state index is 11.8. The molecular formula is C16H26N2O3. The molecule has 0 heterocycles. The number of ether oxygens (including phenoxy) is 2. The average molecular weight is 294 g/mol. The molecule has 0 spiro atoms. The molecule has 1 amide bonds. The Morgan fingerprint density at radius 3 is 2.76 bits per heavy atom. The molecule has 21 heavy (non-hydrogen) atoms. The van der Waals surface area contributed by atoms with Crippen molar-refractivity contribution in [3.63, 3.8) is 0 Å². The zero-order chi connectivity index (χ0) is 15.5. The van der Waals surface area contributed by atoms with Crippen LogP contribution in [0.4, 0.5) is 11.4 Å². The summed E-state index contributed by atoms with van der Waals surface area (Å²) in [5, 5.41) is 2.80. The second-order valence-electron chi connectivity index (χ2n) is 4.93. The lowest BCUT2D eigenvalue weighted by Gasteiger charge is -2.11. The molecule has 0 fully saturated rings. The number of nitrogens with one attached hydrogen (secondary N) is 1. The minimum atomic E-state index is -0.0911. The summed E-state index contributed by atoms with van der Waals surface area (Å²) in [7, 11) is 1.55. The van der Waals surface area contributed by atoms with E-state index in [-0.39, 0.29) is 5.91 Å². The lowest BCUT2D eigenvalue weighted by Crippen LogP contribution is -2.15. The van der Waals surface area contributed by atoms with Gasteiger partial charge in [-0.15, -0.1) is 0 Å². The summed E-state index contributed by atoms with van der Waals surface area (Å²) in [6.07, 6.45) is 5.03. The van der Waals surface area contributed by atoms with E-state index in [1.807, 2.05) is 0 Å². The topological polar surface area (TPSA) is 73.6 Å². The number of benzene rings is 1. The molecule has 0 aromatic heterocycles. The van der Waals surface area contributed by atoms with Gasteiger partial charge in [-0.25, -0.2) is 0 Å². The molecule has 1 aromatic rings. The Kier molecular flexibility index (Phi) is 8.28. The van der Waals surface area contributed by atoms with Gasteiger partial charge in [0.25, 0.3) is 0 Å². The third-order valence-electron chi connectivity index (χ3n) is 3.12. The predicted octanol–water partition coefficient (Wildman–Crippen LogP) is 3.20. The van der Waals surface area contributed by atoms with Crippen molar-refractivity contribution in [3.8, 4) is 5.75 Å². The molecular weight excluding hydrogens is 268 g/mol. The maximum Gasteiger partial charge on any atom is 0.226 e. The van der Waals surface area contributed by atoms with Crippen molar-refractivity contribution in [3.05, 3.63) is 18.2 Å². The quantitative estimate of drug-likeness (QED) is 0.513. The number of amides is 1. The van der Waals surface area contributed by atoms with E-state index in [9.17, 15) is 4.79 Å². The second-order valence-corrected chi connectivity index (χ2v) is 4.93.